The maximum absolute atomic E-state index is 12.9. The van der Waals surface area contributed by atoms with Crippen molar-refractivity contribution < 1.29 is 4.39 Å². The van der Waals surface area contributed by atoms with E-state index in [1.165, 1.54) is 39.7 Å². The van der Waals surface area contributed by atoms with Gasteiger partial charge in [-0.25, -0.2) is 4.39 Å². The second kappa shape index (κ2) is 6.01. The van der Waals surface area contributed by atoms with Crippen LogP contribution < -0.4 is 5.56 Å². The molecule has 0 aliphatic heterocycles. The van der Waals surface area contributed by atoms with Gasteiger partial charge in [0.25, 0.3) is 5.56 Å². The molecule has 0 N–H and O–H groups in total. The number of fused-ring (bicyclic) bond motifs is 1. The summed E-state index contributed by atoms with van der Waals surface area (Å²) in [6, 6.07) is 6.33. The largest absolute Gasteiger partial charge is 0.297 e. The maximum atomic E-state index is 12.9. The molecule has 0 atom stereocenters. The van der Waals surface area contributed by atoms with Crippen molar-refractivity contribution in [2.45, 2.75) is 36.3 Å². The average Bonchev–Trinajstić information content (AvgIpc) is 2.90. The minimum absolute atomic E-state index is 0.229. The van der Waals surface area contributed by atoms with Gasteiger partial charge >= 0.3 is 0 Å². The Hall–Kier alpha value is -1.80. The lowest BCUT2D eigenvalue weighted by molar-refractivity contribution is 0.541. The van der Waals surface area contributed by atoms with Crippen molar-refractivity contribution in [2.24, 2.45) is 0 Å². The Labute approximate surface area is 140 Å². The first-order valence-corrected chi connectivity index (χ1v) is 8.79. The third-order valence-electron chi connectivity index (χ3n) is 3.16. The molecule has 2 heterocycles. The summed E-state index contributed by atoms with van der Waals surface area (Å²) in [5.41, 5.74) is 0.781. The van der Waals surface area contributed by atoms with E-state index in [9.17, 15) is 9.18 Å². The fraction of sp³-hybridized carbons (Fsp3) is 0.333. The predicted molar refractivity (Wildman–Crippen MR) is 89.6 cm³/mol. The minimum atomic E-state index is -0.379. The second-order valence-corrected chi connectivity index (χ2v) is 8.26. The molecule has 0 spiro atoms. The summed E-state index contributed by atoms with van der Waals surface area (Å²) in [5.74, 6) is 0.393. The molecule has 0 radical (unpaired) electrons. The Kier molecular flexibility index (Phi) is 4.20. The molecule has 0 aliphatic rings. The summed E-state index contributed by atoms with van der Waals surface area (Å²) in [6.45, 7) is 5.75. The zero-order chi connectivity index (χ0) is 16.6. The van der Waals surface area contributed by atoms with Crippen molar-refractivity contribution in [3.63, 3.8) is 0 Å². The van der Waals surface area contributed by atoms with E-state index in [1.54, 1.807) is 12.1 Å². The van der Waals surface area contributed by atoms with E-state index in [0.29, 0.717) is 16.4 Å². The second-order valence-electron chi connectivity index (χ2n) is 6.08. The lowest BCUT2D eigenvalue weighted by atomic mass is 9.93. The molecule has 0 bridgehead atoms. The van der Waals surface area contributed by atoms with Gasteiger partial charge < -0.3 is 0 Å². The zero-order valence-corrected chi connectivity index (χ0v) is 14.5. The molecule has 3 aromatic rings. The number of benzene rings is 1. The number of hydrogen-bond acceptors (Lipinski definition) is 6. The number of halogens is 1. The highest BCUT2D eigenvalue weighted by Gasteiger charge is 2.23. The summed E-state index contributed by atoms with van der Waals surface area (Å²) in [5, 5.41) is 12.5. The molecule has 0 aliphatic carbocycles. The van der Waals surface area contributed by atoms with Gasteiger partial charge in [-0.15, -0.1) is 15.3 Å². The van der Waals surface area contributed by atoms with E-state index in [0.717, 1.165) is 9.90 Å². The highest BCUT2D eigenvalue weighted by molar-refractivity contribution is 8.00. The molecular weight excluding hydrogens is 335 g/mol. The highest BCUT2D eigenvalue weighted by Crippen LogP contribution is 2.27. The summed E-state index contributed by atoms with van der Waals surface area (Å²) in [6.07, 6.45) is 0. The molecular formula is C15H15FN4OS2. The van der Waals surface area contributed by atoms with Gasteiger partial charge in [-0.2, -0.15) is 4.52 Å². The van der Waals surface area contributed by atoms with Crippen LogP contribution in [0, 0.1) is 5.82 Å². The number of nitrogens with zero attached hydrogens (tertiary/aromatic N) is 4. The summed E-state index contributed by atoms with van der Waals surface area (Å²) in [4.78, 5) is 12.9. The van der Waals surface area contributed by atoms with Crippen LogP contribution >= 0.6 is 23.1 Å². The molecule has 0 amide bonds. The highest BCUT2D eigenvalue weighted by atomic mass is 32.2. The van der Waals surface area contributed by atoms with Gasteiger partial charge in [-0.05, 0) is 17.7 Å². The van der Waals surface area contributed by atoms with E-state index in [4.69, 9.17) is 0 Å². The average molecular weight is 350 g/mol. The Morgan fingerprint density at radius 1 is 1.22 bits per heavy atom. The molecule has 2 aromatic heterocycles. The first-order valence-electron chi connectivity index (χ1n) is 6.99. The predicted octanol–water partition coefficient (Wildman–Crippen LogP) is 3.27. The molecule has 3 rings (SSSR count). The molecule has 1 aromatic carbocycles. The quantitative estimate of drug-likeness (QED) is 0.679. The van der Waals surface area contributed by atoms with Crippen LogP contribution in [0.15, 0.2) is 33.4 Å². The Bertz CT molecular complexity index is 896. The smallest absolute Gasteiger partial charge is 0.265 e. The van der Waals surface area contributed by atoms with E-state index in [-0.39, 0.29) is 16.8 Å². The Morgan fingerprint density at radius 3 is 2.57 bits per heavy atom. The molecule has 0 fully saturated rings. The van der Waals surface area contributed by atoms with Crippen LogP contribution in [-0.2, 0) is 11.2 Å². The molecule has 5 nitrogen and oxygen atoms in total. The zero-order valence-electron chi connectivity index (χ0n) is 12.9. The molecule has 120 valence electrons. The van der Waals surface area contributed by atoms with Crippen LogP contribution in [0.5, 0.6) is 0 Å². The Balaban J connectivity index is 1.87. The van der Waals surface area contributed by atoms with Crippen molar-refractivity contribution in [3.05, 3.63) is 51.7 Å². The molecule has 0 saturated carbocycles. The monoisotopic (exact) mass is 350 g/mol. The SMILES string of the molecule is CC(C)(C)c1nnc2sc(SCc3ccc(F)cc3)nn2c1=O. The number of hydrogen-bond donors (Lipinski definition) is 0. The van der Waals surface area contributed by atoms with Gasteiger partial charge in [0, 0.05) is 11.2 Å². The topological polar surface area (TPSA) is 60.1 Å². The van der Waals surface area contributed by atoms with Crippen LogP contribution in [0.3, 0.4) is 0 Å². The van der Waals surface area contributed by atoms with Gasteiger partial charge in [0.1, 0.15) is 11.5 Å². The first-order chi connectivity index (χ1) is 10.8. The first kappa shape index (κ1) is 16.1. The van der Waals surface area contributed by atoms with Crippen molar-refractivity contribution in [1.29, 1.82) is 0 Å². The normalized spacial score (nSPS) is 12.0. The van der Waals surface area contributed by atoms with E-state index in [1.807, 2.05) is 20.8 Å². The van der Waals surface area contributed by atoms with Crippen LogP contribution in [0.1, 0.15) is 32.0 Å². The molecule has 23 heavy (non-hydrogen) atoms. The standard InChI is InChI=1S/C15H15FN4OS2/c1-15(2,3)11-12(21)20-13(18-17-11)23-14(19-20)22-8-9-4-6-10(16)7-5-9/h4-7H,8H2,1-3H3. The summed E-state index contributed by atoms with van der Waals surface area (Å²) < 4.78 is 14.9. The summed E-state index contributed by atoms with van der Waals surface area (Å²) in [7, 11) is 0. The van der Waals surface area contributed by atoms with Crippen molar-refractivity contribution in [3.8, 4) is 0 Å². The van der Waals surface area contributed by atoms with Gasteiger partial charge in [0.05, 0.1) is 0 Å². The molecule has 0 saturated heterocycles. The summed E-state index contributed by atoms with van der Waals surface area (Å²) >= 11 is 2.80. The lowest BCUT2D eigenvalue weighted by Gasteiger charge is -2.14. The lowest BCUT2D eigenvalue weighted by Crippen LogP contribution is -2.30. The fourth-order valence-corrected chi connectivity index (χ4v) is 3.78. The van der Waals surface area contributed by atoms with Crippen LogP contribution in [-0.4, -0.2) is 19.8 Å². The van der Waals surface area contributed by atoms with E-state index in [2.05, 4.69) is 15.3 Å². The third kappa shape index (κ3) is 3.42. The number of thioether (sulfide) groups is 1. The third-order valence-corrected chi connectivity index (χ3v) is 5.26. The minimum Gasteiger partial charge on any atom is -0.265 e. The van der Waals surface area contributed by atoms with E-state index >= 15 is 0 Å². The van der Waals surface area contributed by atoms with Crippen molar-refractivity contribution >= 4 is 28.1 Å². The van der Waals surface area contributed by atoms with Crippen LogP contribution in [0.4, 0.5) is 4.39 Å². The van der Waals surface area contributed by atoms with Crippen molar-refractivity contribution in [2.75, 3.05) is 0 Å². The van der Waals surface area contributed by atoms with Gasteiger partial charge in [0.2, 0.25) is 4.96 Å². The molecule has 0 unspecified atom stereocenters. The molecule has 8 heteroatoms. The number of rotatable bonds is 3. The maximum Gasteiger partial charge on any atom is 0.297 e. The Morgan fingerprint density at radius 2 is 1.91 bits per heavy atom. The van der Waals surface area contributed by atoms with Crippen LogP contribution in [0.2, 0.25) is 0 Å². The number of aromatic nitrogens is 4. The van der Waals surface area contributed by atoms with E-state index < -0.39 is 0 Å². The van der Waals surface area contributed by atoms with Crippen LogP contribution in [0.25, 0.3) is 4.96 Å². The van der Waals surface area contributed by atoms with Gasteiger partial charge in [0.15, 0.2) is 4.34 Å². The fourth-order valence-electron chi connectivity index (χ4n) is 1.95. The van der Waals surface area contributed by atoms with Gasteiger partial charge in [-0.1, -0.05) is 56.0 Å². The van der Waals surface area contributed by atoms with Crippen molar-refractivity contribution in [1.82, 2.24) is 19.8 Å². The van der Waals surface area contributed by atoms with Gasteiger partial charge in [-0.3, -0.25) is 4.79 Å².